The second-order valence-electron chi connectivity index (χ2n) is 4.27. The maximum absolute atomic E-state index is 9.39. The molecule has 0 amide bonds. The van der Waals surface area contributed by atoms with Crippen molar-refractivity contribution >= 4 is 0 Å². The number of H-pyrrole nitrogens is 1. The van der Waals surface area contributed by atoms with Crippen molar-refractivity contribution in [3.63, 3.8) is 0 Å². The zero-order chi connectivity index (χ0) is 12.5. The van der Waals surface area contributed by atoms with Crippen molar-refractivity contribution in [2.75, 3.05) is 6.79 Å². The quantitative estimate of drug-likeness (QED) is 0.878. The van der Waals surface area contributed by atoms with Crippen molar-refractivity contribution in [1.82, 2.24) is 4.98 Å². The molecule has 2 aromatic rings. The summed E-state index contributed by atoms with van der Waals surface area (Å²) in [6.07, 6.45) is 3.67. The maximum atomic E-state index is 9.39. The largest absolute Gasteiger partial charge is 0.454 e. The number of nitrogens with one attached hydrogen (secondary N) is 1. The molecule has 1 unspecified atom stereocenters. The number of hydrogen-bond donors (Lipinski definition) is 1. The Kier molecular flexibility index (Phi) is 2.45. The van der Waals surface area contributed by atoms with Gasteiger partial charge in [-0.2, -0.15) is 5.26 Å². The maximum Gasteiger partial charge on any atom is 0.231 e. The standard InChI is InChI=1S/C14H12N2O2/c1-9-4-13-14(18-8-17-13)5-11(9)12(6-15)10-2-3-16-7-10/h2-5,7,12,16H,8H2,1H3. The molecular formula is C14H12N2O2. The number of fused-ring (bicyclic) bond motifs is 1. The molecule has 90 valence electrons. The van der Waals surface area contributed by atoms with Crippen LogP contribution in [0.25, 0.3) is 0 Å². The average molecular weight is 240 g/mol. The summed E-state index contributed by atoms with van der Waals surface area (Å²) in [6, 6.07) is 8.08. The van der Waals surface area contributed by atoms with E-state index in [1.807, 2.05) is 37.5 Å². The fourth-order valence-electron chi connectivity index (χ4n) is 2.21. The molecule has 18 heavy (non-hydrogen) atoms. The van der Waals surface area contributed by atoms with Gasteiger partial charge in [-0.15, -0.1) is 0 Å². The van der Waals surface area contributed by atoms with E-state index in [4.69, 9.17) is 9.47 Å². The second-order valence-corrected chi connectivity index (χ2v) is 4.27. The van der Waals surface area contributed by atoms with Crippen molar-refractivity contribution in [3.05, 3.63) is 47.3 Å². The van der Waals surface area contributed by atoms with E-state index in [9.17, 15) is 5.26 Å². The number of aromatic nitrogens is 1. The normalized spacial score (nSPS) is 14.2. The second kappa shape index (κ2) is 4.11. The number of ether oxygens (including phenoxy) is 2. The van der Waals surface area contributed by atoms with Gasteiger partial charge >= 0.3 is 0 Å². The molecule has 0 saturated heterocycles. The first kappa shape index (κ1) is 10.7. The highest BCUT2D eigenvalue weighted by molar-refractivity contribution is 5.52. The topological polar surface area (TPSA) is 58.0 Å². The third kappa shape index (κ3) is 1.61. The lowest BCUT2D eigenvalue weighted by Gasteiger charge is -2.12. The molecule has 2 heterocycles. The summed E-state index contributed by atoms with van der Waals surface area (Å²) in [4.78, 5) is 2.98. The summed E-state index contributed by atoms with van der Waals surface area (Å²) < 4.78 is 10.7. The smallest absolute Gasteiger partial charge is 0.231 e. The molecule has 1 aliphatic heterocycles. The first-order valence-electron chi connectivity index (χ1n) is 5.72. The molecule has 0 saturated carbocycles. The van der Waals surface area contributed by atoms with Gasteiger partial charge in [-0.25, -0.2) is 0 Å². The minimum Gasteiger partial charge on any atom is -0.454 e. The Morgan fingerprint density at radius 3 is 2.78 bits per heavy atom. The van der Waals surface area contributed by atoms with Crippen LogP contribution in [0.4, 0.5) is 0 Å². The van der Waals surface area contributed by atoms with Crippen LogP contribution in [0.15, 0.2) is 30.6 Å². The Morgan fingerprint density at radius 1 is 1.33 bits per heavy atom. The van der Waals surface area contributed by atoms with Gasteiger partial charge < -0.3 is 14.5 Å². The zero-order valence-electron chi connectivity index (χ0n) is 9.93. The highest BCUT2D eigenvalue weighted by Crippen LogP contribution is 2.38. The molecule has 4 nitrogen and oxygen atoms in total. The highest BCUT2D eigenvalue weighted by Gasteiger charge is 2.21. The highest BCUT2D eigenvalue weighted by atomic mass is 16.7. The Hall–Kier alpha value is -2.41. The van der Waals surface area contributed by atoms with Crippen molar-refractivity contribution in [3.8, 4) is 17.6 Å². The Balaban J connectivity index is 2.09. The molecule has 0 bridgehead atoms. The van der Waals surface area contributed by atoms with Gasteiger partial charge in [0, 0.05) is 12.4 Å². The van der Waals surface area contributed by atoms with Crippen LogP contribution in [0.2, 0.25) is 0 Å². The van der Waals surface area contributed by atoms with Crippen LogP contribution in [0.1, 0.15) is 22.6 Å². The molecule has 0 fully saturated rings. The van der Waals surface area contributed by atoms with Gasteiger partial charge in [0.25, 0.3) is 0 Å². The van der Waals surface area contributed by atoms with Crippen molar-refractivity contribution in [2.45, 2.75) is 12.8 Å². The molecule has 1 N–H and O–H groups in total. The summed E-state index contributed by atoms with van der Waals surface area (Å²) in [6.45, 7) is 2.23. The van der Waals surface area contributed by atoms with Crippen LogP contribution >= 0.6 is 0 Å². The monoisotopic (exact) mass is 240 g/mol. The van der Waals surface area contributed by atoms with E-state index in [0.29, 0.717) is 5.75 Å². The minimum atomic E-state index is -0.286. The zero-order valence-corrected chi connectivity index (χ0v) is 9.93. The fraction of sp³-hybridized carbons (Fsp3) is 0.214. The lowest BCUT2D eigenvalue weighted by molar-refractivity contribution is 0.174. The lowest BCUT2D eigenvalue weighted by Crippen LogP contribution is -1.99. The van der Waals surface area contributed by atoms with Gasteiger partial charge in [-0.05, 0) is 41.8 Å². The molecule has 1 aromatic heterocycles. The molecule has 0 aliphatic carbocycles. The van der Waals surface area contributed by atoms with E-state index < -0.39 is 0 Å². The summed E-state index contributed by atoms with van der Waals surface area (Å²) in [5.41, 5.74) is 2.95. The van der Waals surface area contributed by atoms with Crippen LogP contribution in [0, 0.1) is 18.3 Å². The van der Waals surface area contributed by atoms with Gasteiger partial charge in [0.1, 0.15) is 0 Å². The van der Waals surface area contributed by atoms with E-state index in [1.165, 1.54) is 0 Å². The third-order valence-electron chi connectivity index (χ3n) is 3.16. The number of nitriles is 1. The number of hydrogen-bond acceptors (Lipinski definition) is 3. The van der Waals surface area contributed by atoms with Crippen molar-refractivity contribution < 1.29 is 9.47 Å². The van der Waals surface area contributed by atoms with Crippen LogP contribution in [0.3, 0.4) is 0 Å². The van der Waals surface area contributed by atoms with Gasteiger partial charge in [0.05, 0.1) is 12.0 Å². The Morgan fingerprint density at radius 2 is 2.11 bits per heavy atom. The summed E-state index contributed by atoms with van der Waals surface area (Å²) in [5.74, 6) is 1.18. The average Bonchev–Trinajstić information content (AvgIpc) is 3.01. The van der Waals surface area contributed by atoms with E-state index in [-0.39, 0.29) is 12.7 Å². The van der Waals surface area contributed by atoms with Crippen LogP contribution < -0.4 is 9.47 Å². The summed E-state index contributed by atoms with van der Waals surface area (Å²) >= 11 is 0. The Bertz CT molecular complexity index is 611. The SMILES string of the molecule is Cc1cc2c(cc1C(C#N)c1cc[nH]c1)OCO2. The van der Waals surface area contributed by atoms with Gasteiger partial charge in [0.2, 0.25) is 6.79 Å². The van der Waals surface area contributed by atoms with Crippen LogP contribution in [0.5, 0.6) is 11.5 Å². The van der Waals surface area contributed by atoms with Crippen LogP contribution in [-0.2, 0) is 0 Å². The van der Waals surface area contributed by atoms with Crippen molar-refractivity contribution in [1.29, 1.82) is 5.26 Å². The third-order valence-corrected chi connectivity index (χ3v) is 3.16. The number of benzene rings is 1. The molecule has 0 spiro atoms. The minimum absolute atomic E-state index is 0.250. The lowest BCUT2D eigenvalue weighted by atomic mass is 9.91. The predicted molar refractivity (Wildman–Crippen MR) is 65.6 cm³/mol. The van der Waals surface area contributed by atoms with Gasteiger partial charge in [-0.3, -0.25) is 0 Å². The first-order chi connectivity index (χ1) is 8.79. The van der Waals surface area contributed by atoms with Gasteiger partial charge in [-0.1, -0.05) is 0 Å². The fourth-order valence-corrected chi connectivity index (χ4v) is 2.21. The number of nitrogens with zero attached hydrogens (tertiary/aromatic N) is 1. The number of aryl methyl sites for hydroxylation is 1. The summed E-state index contributed by atoms with van der Waals surface area (Å²) in [7, 11) is 0. The Labute approximate surface area is 105 Å². The molecular weight excluding hydrogens is 228 g/mol. The predicted octanol–water partition coefficient (Wildman–Crippen LogP) is 2.71. The van der Waals surface area contributed by atoms with E-state index in [2.05, 4.69) is 11.1 Å². The molecule has 1 atom stereocenters. The van der Waals surface area contributed by atoms with Crippen LogP contribution in [-0.4, -0.2) is 11.8 Å². The van der Waals surface area contributed by atoms with Crippen molar-refractivity contribution in [2.24, 2.45) is 0 Å². The van der Waals surface area contributed by atoms with E-state index >= 15 is 0 Å². The van der Waals surface area contributed by atoms with E-state index in [0.717, 1.165) is 22.4 Å². The number of rotatable bonds is 2. The molecule has 4 heteroatoms. The molecule has 1 aromatic carbocycles. The molecule has 3 rings (SSSR count). The molecule has 0 radical (unpaired) electrons. The molecule has 1 aliphatic rings. The first-order valence-corrected chi connectivity index (χ1v) is 5.72. The summed E-state index contributed by atoms with van der Waals surface area (Å²) in [5, 5.41) is 9.39. The number of aromatic amines is 1. The van der Waals surface area contributed by atoms with Gasteiger partial charge in [0.15, 0.2) is 11.5 Å². The van der Waals surface area contributed by atoms with E-state index in [1.54, 1.807) is 0 Å².